The van der Waals surface area contributed by atoms with Crippen LogP contribution in [-0.4, -0.2) is 48.3 Å². The van der Waals surface area contributed by atoms with Crippen molar-refractivity contribution in [2.75, 3.05) is 38.2 Å². The quantitative estimate of drug-likeness (QED) is 0.453. The number of ether oxygens (including phenoxy) is 3. The Morgan fingerprint density at radius 3 is 2.32 bits per heavy atom. The van der Waals surface area contributed by atoms with Gasteiger partial charge in [-0.25, -0.2) is 4.68 Å². The molecule has 3 aromatic rings. The number of aromatic nitrogens is 3. The Hall–Kier alpha value is -3.37. The molecular formula is C23H24ClN5O4S. The highest BCUT2D eigenvalue weighted by Crippen LogP contribution is 2.44. The number of nitrogens with zero attached hydrogens (tertiary/aromatic N) is 3. The average Bonchev–Trinajstić information content (AvgIpc) is 3.26. The molecule has 0 bridgehead atoms. The van der Waals surface area contributed by atoms with Crippen LogP contribution in [0.25, 0.3) is 0 Å². The Morgan fingerprint density at radius 1 is 1.12 bits per heavy atom. The zero-order valence-electron chi connectivity index (χ0n) is 19.3. The van der Waals surface area contributed by atoms with Crippen LogP contribution in [-0.2, 0) is 4.79 Å². The standard InChI is InChI=1S/C23H24ClN5O4S/c1-12-18(21(30)26-15-8-6-14(24)7-9-15)19(29-22(25-12)27-23(28-29)34-5)13-10-16(31-2)20(33-4)17(11-13)32-3/h6-11,19H,1-5H3,(H,26,30)(H,25,27,28)/t19-/m1/s1. The summed E-state index contributed by atoms with van der Waals surface area (Å²) in [5, 5.41) is 11.9. The number of hydrogen-bond acceptors (Lipinski definition) is 8. The highest BCUT2D eigenvalue weighted by atomic mass is 35.5. The third-order valence-corrected chi connectivity index (χ3v) is 6.16. The van der Waals surface area contributed by atoms with Gasteiger partial charge in [0, 0.05) is 16.4 Å². The van der Waals surface area contributed by atoms with Gasteiger partial charge in [0.25, 0.3) is 5.91 Å². The van der Waals surface area contributed by atoms with Crippen molar-refractivity contribution in [3.8, 4) is 17.2 Å². The Kier molecular flexibility index (Phi) is 6.90. The minimum atomic E-state index is -0.606. The van der Waals surface area contributed by atoms with E-state index >= 15 is 0 Å². The van der Waals surface area contributed by atoms with Crippen molar-refractivity contribution >= 4 is 40.9 Å². The number of methoxy groups -OCH3 is 3. The molecule has 11 heteroatoms. The molecule has 178 valence electrons. The maximum Gasteiger partial charge on any atom is 0.255 e. The number of fused-ring (bicyclic) bond motifs is 1. The van der Waals surface area contributed by atoms with Crippen LogP contribution in [0.3, 0.4) is 0 Å². The number of amides is 1. The Balaban J connectivity index is 1.86. The SMILES string of the molecule is COc1cc([C@@H]2C(C(=O)Nc3ccc(Cl)cc3)=C(C)Nc3nc(SC)nn32)cc(OC)c1OC. The lowest BCUT2D eigenvalue weighted by Gasteiger charge is -2.29. The summed E-state index contributed by atoms with van der Waals surface area (Å²) >= 11 is 7.40. The average molecular weight is 502 g/mol. The molecule has 0 unspecified atom stereocenters. The molecule has 0 spiro atoms. The van der Waals surface area contributed by atoms with Crippen molar-refractivity contribution in [2.24, 2.45) is 0 Å². The molecule has 1 aliphatic rings. The van der Waals surface area contributed by atoms with E-state index in [-0.39, 0.29) is 5.91 Å². The molecule has 0 saturated carbocycles. The number of hydrogen-bond donors (Lipinski definition) is 2. The first kappa shape index (κ1) is 23.8. The monoisotopic (exact) mass is 501 g/mol. The molecule has 2 N–H and O–H groups in total. The molecule has 9 nitrogen and oxygen atoms in total. The van der Waals surface area contributed by atoms with E-state index in [2.05, 4.69) is 20.7 Å². The summed E-state index contributed by atoms with van der Waals surface area (Å²) in [4.78, 5) is 18.1. The van der Waals surface area contributed by atoms with E-state index in [9.17, 15) is 4.79 Å². The van der Waals surface area contributed by atoms with Gasteiger partial charge >= 0.3 is 0 Å². The Labute approximate surface area is 206 Å². The van der Waals surface area contributed by atoms with E-state index in [0.29, 0.717) is 50.3 Å². The fourth-order valence-corrected chi connectivity index (χ4v) is 4.28. The smallest absolute Gasteiger partial charge is 0.255 e. The predicted molar refractivity (Wildman–Crippen MR) is 132 cm³/mol. The van der Waals surface area contributed by atoms with Gasteiger partial charge in [-0.3, -0.25) is 4.79 Å². The molecule has 0 aliphatic carbocycles. The van der Waals surface area contributed by atoms with Gasteiger partial charge in [-0.2, -0.15) is 4.98 Å². The molecule has 2 aromatic carbocycles. The third-order valence-electron chi connectivity index (χ3n) is 5.37. The molecule has 4 rings (SSSR count). The van der Waals surface area contributed by atoms with Gasteiger partial charge in [-0.1, -0.05) is 23.4 Å². The summed E-state index contributed by atoms with van der Waals surface area (Å²) in [5.41, 5.74) is 2.45. The molecular weight excluding hydrogens is 478 g/mol. The maximum atomic E-state index is 13.6. The van der Waals surface area contributed by atoms with Crippen LogP contribution in [0.5, 0.6) is 17.2 Å². The van der Waals surface area contributed by atoms with Gasteiger partial charge in [0.1, 0.15) is 6.04 Å². The first-order valence-electron chi connectivity index (χ1n) is 10.2. The van der Waals surface area contributed by atoms with Gasteiger partial charge in [-0.05, 0) is 55.1 Å². The number of nitrogens with one attached hydrogen (secondary N) is 2. The summed E-state index contributed by atoms with van der Waals surface area (Å²) < 4.78 is 18.3. The van der Waals surface area contributed by atoms with E-state index in [1.54, 1.807) is 50.3 Å². The zero-order chi connectivity index (χ0) is 24.4. The molecule has 2 heterocycles. The van der Waals surface area contributed by atoms with Crippen LogP contribution in [0.2, 0.25) is 5.02 Å². The van der Waals surface area contributed by atoms with Crippen LogP contribution >= 0.6 is 23.4 Å². The van der Waals surface area contributed by atoms with Crippen LogP contribution < -0.4 is 24.8 Å². The van der Waals surface area contributed by atoms with E-state index in [0.717, 1.165) is 5.56 Å². The first-order valence-corrected chi connectivity index (χ1v) is 11.9. The number of allylic oxidation sites excluding steroid dienone is 1. The summed E-state index contributed by atoms with van der Waals surface area (Å²) in [6, 6.07) is 9.93. The molecule has 0 fully saturated rings. The number of halogens is 1. The van der Waals surface area contributed by atoms with Crippen LogP contribution in [0, 0.1) is 0 Å². The largest absolute Gasteiger partial charge is 0.493 e. The van der Waals surface area contributed by atoms with Crippen molar-refractivity contribution in [1.82, 2.24) is 14.8 Å². The maximum absolute atomic E-state index is 13.6. The number of benzene rings is 2. The van der Waals surface area contributed by atoms with Crippen LogP contribution in [0.1, 0.15) is 18.5 Å². The van der Waals surface area contributed by atoms with E-state index in [4.69, 9.17) is 25.8 Å². The van der Waals surface area contributed by atoms with Gasteiger partial charge in [-0.15, -0.1) is 5.10 Å². The van der Waals surface area contributed by atoms with Crippen molar-refractivity contribution < 1.29 is 19.0 Å². The van der Waals surface area contributed by atoms with Gasteiger partial charge in [0.05, 0.1) is 26.9 Å². The number of anilines is 2. The van der Waals surface area contributed by atoms with Gasteiger partial charge < -0.3 is 24.8 Å². The zero-order valence-corrected chi connectivity index (χ0v) is 20.9. The molecule has 0 radical (unpaired) electrons. The Morgan fingerprint density at radius 2 is 1.76 bits per heavy atom. The molecule has 0 saturated heterocycles. The lowest BCUT2D eigenvalue weighted by Crippen LogP contribution is -2.31. The number of carbonyl (C=O) groups excluding carboxylic acids is 1. The van der Waals surface area contributed by atoms with E-state index in [1.807, 2.05) is 25.3 Å². The van der Waals surface area contributed by atoms with Crippen molar-refractivity contribution in [1.29, 1.82) is 0 Å². The summed E-state index contributed by atoms with van der Waals surface area (Å²) in [6.45, 7) is 1.83. The fraction of sp³-hybridized carbons (Fsp3) is 0.261. The van der Waals surface area contributed by atoms with Gasteiger partial charge in [0.15, 0.2) is 11.5 Å². The van der Waals surface area contributed by atoms with Gasteiger partial charge in [0.2, 0.25) is 16.9 Å². The molecule has 1 aromatic heterocycles. The summed E-state index contributed by atoms with van der Waals surface area (Å²) in [7, 11) is 4.64. The van der Waals surface area contributed by atoms with E-state index < -0.39 is 6.04 Å². The molecule has 1 aliphatic heterocycles. The molecule has 1 atom stereocenters. The minimum Gasteiger partial charge on any atom is -0.493 e. The predicted octanol–water partition coefficient (Wildman–Crippen LogP) is 4.61. The van der Waals surface area contributed by atoms with E-state index in [1.165, 1.54) is 11.8 Å². The summed E-state index contributed by atoms with van der Waals surface area (Å²) in [5.74, 6) is 1.63. The Bertz CT molecular complexity index is 1230. The third kappa shape index (κ3) is 4.38. The highest BCUT2D eigenvalue weighted by molar-refractivity contribution is 7.98. The normalized spacial score (nSPS) is 14.8. The first-order chi connectivity index (χ1) is 16.4. The summed E-state index contributed by atoms with van der Waals surface area (Å²) in [6.07, 6.45) is 1.89. The number of thioether (sulfide) groups is 1. The van der Waals surface area contributed by atoms with Crippen LogP contribution in [0.15, 0.2) is 52.8 Å². The fourth-order valence-electron chi connectivity index (χ4n) is 3.81. The van der Waals surface area contributed by atoms with Crippen molar-refractivity contribution in [3.05, 3.63) is 58.3 Å². The number of carbonyl (C=O) groups is 1. The lowest BCUT2D eigenvalue weighted by molar-refractivity contribution is -0.113. The second kappa shape index (κ2) is 9.86. The highest BCUT2D eigenvalue weighted by Gasteiger charge is 2.35. The van der Waals surface area contributed by atoms with Crippen molar-refractivity contribution in [2.45, 2.75) is 18.1 Å². The lowest BCUT2D eigenvalue weighted by atomic mass is 9.94. The minimum absolute atomic E-state index is 0.294. The number of rotatable bonds is 7. The second-order valence-electron chi connectivity index (χ2n) is 7.35. The molecule has 1 amide bonds. The second-order valence-corrected chi connectivity index (χ2v) is 8.56. The van der Waals surface area contributed by atoms with Crippen LogP contribution in [0.4, 0.5) is 11.6 Å². The van der Waals surface area contributed by atoms with Crippen molar-refractivity contribution in [3.63, 3.8) is 0 Å². The topological polar surface area (TPSA) is 99.5 Å². The molecule has 34 heavy (non-hydrogen) atoms.